The van der Waals surface area contributed by atoms with Gasteiger partial charge in [0, 0.05) is 48.2 Å². The van der Waals surface area contributed by atoms with Crippen LogP contribution in [0.3, 0.4) is 0 Å². The summed E-state index contributed by atoms with van der Waals surface area (Å²) in [6.07, 6.45) is 5.09. The molecule has 0 bridgehead atoms. The van der Waals surface area contributed by atoms with E-state index >= 15 is 0 Å². The van der Waals surface area contributed by atoms with E-state index in [9.17, 15) is 18.0 Å². The van der Waals surface area contributed by atoms with E-state index in [1.54, 1.807) is 12.4 Å². The molecular weight excluding hydrogens is 497 g/mol. The molecule has 38 heavy (non-hydrogen) atoms. The van der Waals surface area contributed by atoms with Crippen LogP contribution in [0.2, 0.25) is 0 Å². The predicted octanol–water partition coefficient (Wildman–Crippen LogP) is 5.03. The Morgan fingerprint density at radius 3 is 2.53 bits per heavy atom. The Morgan fingerprint density at radius 2 is 1.82 bits per heavy atom. The normalized spacial score (nSPS) is 16.2. The van der Waals surface area contributed by atoms with Crippen LogP contribution in [-0.4, -0.2) is 37.0 Å². The summed E-state index contributed by atoms with van der Waals surface area (Å²) in [5, 5.41) is 10.6. The second-order valence-electron chi connectivity index (χ2n) is 9.94. The van der Waals surface area contributed by atoms with E-state index in [0.29, 0.717) is 6.42 Å². The molecule has 0 saturated heterocycles. The Balaban J connectivity index is 1.05. The molecule has 1 amide bonds. The number of halogens is 3. The topological polar surface area (TPSA) is 98.7 Å². The third kappa shape index (κ3) is 4.68. The lowest BCUT2D eigenvalue weighted by Gasteiger charge is -2.14. The largest absolute Gasteiger partial charge is 0.401 e. The Bertz CT molecular complexity index is 1450. The van der Waals surface area contributed by atoms with Gasteiger partial charge in [-0.3, -0.25) is 9.48 Å². The first-order valence-corrected chi connectivity index (χ1v) is 12.6. The Kier molecular flexibility index (Phi) is 6.00. The van der Waals surface area contributed by atoms with Crippen LogP contribution in [0.1, 0.15) is 54.1 Å². The second kappa shape index (κ2) is 9.38. The van der Waals surface area contributed by atoms with Gasteiger partial charge < -0.3 is 9.84 Å². The maximum absolute atomic E-state index is 13.3. The number of rotatable bonds is 7. The van der Waals surface area contributed by atoms with Gasteiger partial charge in [-0.2, -0.15) is 18.3 Å². The predicted molar refractivity (Wildman–Crippen MR) is 131 cm³/mol. The summed E-state index contributed by atoms with van der Waals surface area (Å²) in [7, 11) is 0. The molecule has 196 valence electrons. The van der Waals surface area contributed by atoms with Gasteiger partial charge in [0.25, 0.3) is 0 Å². The first-order chi connectivity index (χ1) is 18.3. The average molecular weight is 523 g/mol. The number of hydrogen-bond donors (Lipinski definition) is 1. The molecule has 4 aromatic rings. The standard InChI is InChI=1S/C27H25F3N6O2/c28-27(29,30)26(8-9-26)22-13-24(35-38-22)34-25(37)11-17-4-6-18(7-5-17)20-14-31-23(32-15-20)12-19-16-33-36-10-2-1-3-21(19)36/h4-7,13-16H,1-3,8-12H2,(H,34,35,37). The van der Waals surface area contributed by atoms with Crippen molar-refractivity contribution >= 4 is 11.7 Å². The molecule has 8 nitrogen and oxygen atoms in total. The third-order valence-electron chi connectivity index (χ3n) is 7.32. The van der Waals surface area contributed by atoms with E-state index in [0.717, 1.165) is 48.0 Å². The molecule has 4 heterocycles. The van der Waals surface area contributed by atoms with Crippen LogP contribution in [0.15, 0.2) is 53.4 Å². The summed E-state index contributed by atoms with van der Waals surface area (Å²) >= 11 is 0. The zero-order valence-electron chi connectivity index (χ0n) is 20.5. The average Bonchev–Trinajstić information content (AvgIpc) is 3.46. The summed E-state index contributed by atoms with van der Waals surface area (Å²) in [4.78, 5) is 21.5. The minimum absolute atomic E-state index is 0.0222. The minimum atomic E-state index is -4.40. The van der Waals surface area contributed by atoms with Crippen molar-refractivity contribution in [2.24, 2.45) is 0 Å². The molecule has 1 aromatic carbocycles. The molecule has 6 rings (SSSR count). The number of fused-ring (bicyclic) bond motifs is 1. The van der Waals surface area contributed by atoms with Crippen molar-refractivity contribution in [3.8, 4) is 11.1 Å². The van der Waals surface area contributed by atoms with Crippen LogP contribution in [-0.2, 0) is 36.0 Å². The first-order valence-electron chi connectivity index (χ1n) is 12.6. The van der Waals surface area contributed by atoms with Crippen LogP contribution in [0, 0.1) is 0 Å². The van der Waals surface area contributed by atoms with Gasteiger partial charge in [0.2, 0.25) is 5.91 Å². The molecule has 3 aromatic heterocycles. The maximum atomic E-state index is 13.3. The fourth-order valence-electron chi connectivity index (χ4n) is 4.94. The number of carbonyl (C=O) groups excluding carboxylic acids is 1. The number of carbonyl (C=O) groups is 1. The molecule has 0 spiro atoms. The zero-order chi connectivity index (χ0) is 26.3. The van der Waals surface area contributed by atoms with Gasteiger partial charge >= 0.3 is 6.18 Å². The fraction of sp³-hybridized carbons (Fsp3) is 0.370. The Labute approximate surface area is 216 Å². The van der Waals surface area contributed by atoms with Crippen molar-refractivity contribution in [2.45, 2.75) is 63.1 Å². The van der Waals surface area contributed by atoms with Gasteiger partial charge in [-0.05, 0) is 43.2 Å². The lowest BCUT2D eigenvalue weighted by Crippen LogP contribution is -2.28. The van der Waals surface area contributed by atoms with E-state index < -0.39 is 17.5 Å². The van der Waals surface area contributed by atoms with Crippen molar-refractivity contribution in [1.82, 2.24) is 24.9 Å². The Hall–Kier alpha value is -4.02. The van der Waals surface area contributed by atoms with Gasteiger partial charge in [0.05, 0.1) is 12.6 Å². The van der Waals surface area contributed by atoms with Crippen LogP contribution < -0.4 is 5.32 Å². The minimum Gasteiger partial charge on any atom is -0.358 e. The van der Waals surface area contributed by atoms with Crippen LogP contribution in [0.5, 0.6) is 0 Å². The fourth-order valence-corrected chi connectivity index (χ4v) is 4.94. The highest BCUT2D eigenvalue weighted by Gasteiger charge is 2.66. The van der Waals surface area contributed by atoms with E-state index in [1.165, 1.54) is 17.7 Å². The molecule has 1 fully saturated rings. The molecule has 1 aliphatic heterocycles. The highest BCUT2D eigenvalue weighted by atomic mass is 19.4. The number of nitrogens with one attached hydrogen (secondary N) is 1. The lowest BCUT2D eigenvalue weighted by molar-refractivity contribution is -0.165. The number of amides is 1. The van der Waals surface area contributed by atoms with Crippen molar-refractivity contribution in [3.63, 3.8) is 0 Å². The van der Waals surface area contributed by atoms with E-state index in [1.807, 2.05) is 30.5 Å². The molecule has 1 aliphatic carbocycles. The van der Waals surface area contributed by atoms with Crippen LogP contribution >= 0.6 is 0 Å². The van der Waals surface area contributed by atoms with E-state index in [2.05, 4.69) is 30.2 Å². The highest BCUT2D eigenvalue weighted by molar-refractivity contribution is 5.91. The summed E-state index contributed by atoms with van der Waals surface area (Å²) in [6, 6.07) is 8.55. The van der Waals surface area contributed by atoms with Gasteiger partial charge in [-0.1, -0.05) is 29.4 Å². The number of aryl methyl sites for hydroxylation is 1. The van der Waals surface area contributed by atoms with Gasteiger partial charge in [0.1, 0.15) is 11.2 Å². The molecule has 11 heteroatoms. The van der Waals surface area contributed by atoms with Crippen LogP contribution in [0.4, 0.5) is 19.0 Å². The number of aromatic nitrogens is 5. The number of benzene rings is 1. The summed E-state index contributed by atoms with van der Waals surface area (Å²) < 4.78 is 46.8. The molecule has 1 N–H and O–H groups in total. The molecule has 0 unspecified atom stereocenters. The number of nitrogens with zero attached hydrogens (tertiary/aromatic N) is 5. The van der Waals surface area contributed by atoms with Gasteiger partial charge in [-0.25, -0.2) is 9.97 Å². The van der Waals surface area contributed by atoms with Crippen molar-refractivity contribution in [2.75, 3.05) is 5.32 Å². The van der Waals surface area contributed by atoms with Crippen molar-refractivity contribution < 1.29 is 22.5 Å². The first kappa shape index (κ1) is 24.3. The summed E-state index contributed by atoms with van der Waals surface area (Å²) in [5.41, 5.74) is 2.99. The summed E-state index contributed by atoms with van der Waals surface area (Å²) in [5.74, 6) is 0.0559. The van der Waals surface area contributed by atoms with Crippen molar-refractivity contribution in [3.05, 3.63) is 77.3 Å². The molecular formula is C27H25F3N6O2. The molecule has 1 saturated carbocycles. The monoisotopic (exact) mass is 522 g/mol. The number of hydrogen-bond acceptors (Lipinski definition) is 6. The molecule has 0 radical (unpaired) electrons. The van der Waals surface area contributed by atoms with E-state index in [4.69, 9.17) is 4.52 Å². The Morgan fingerprint density at radius 1 is 1.05 bits per heavy atom. The number of anilines is 1. The van der Waals surface area contributed by atoms with E-state index in [-0.39, 0.29) is 30.8 Å². The van der Waals surface area contributed by atoms with Gasteiger partial charge in [0.15, 0.2) is 11.6 Å². The van der Waals surface area contributed by atoms with Crippen molar-refractivity contribution in [1.29, 1.82) is 0 Å². The SMILES string of the molecule is O=C(Cc1ccc(-c2cnc(Cc3cnn4c3CCCC4)nc2)cc1)Nc1cc(C2(C(F)(F)F)CC2)on1. The summed E-state index contributed by atoms with van der Waals surface area (Å²) in [6.45, 7) is 0.969. The highest BCUT2D eigenvalue weighted by Crippen LogP contribution is 2.59. The quantitative estimate of drug-likeness (QED) is 0.366. The zero-order valence-corrected chi connectivity index (χ0v) is 20.5. The maximum Gasteiger partial charge on any atom is 0.401 e. The van der Waals surface area contributed by atoms with Crippen LogP contribution in [0.25, 0.3) is 11.1 Å². The number of alkyl halides is 3. The molecule has 0 atom stereocenters. The van der Waals surface area contributed by atoms with Gasteiger partial charge in [-0.15, -0.1) is 0 Å². The third-order valence-corrected chi connectivity index (χ3v) is 7.32. The molecule has 2 aliphatic rings. The smallest absolute Gasteiger partial charge is 0.358 e. The lowest BCUT2D eigenvalue weighted by atomic mass is 10.0. The second-order valence-corrected chi connectivity index (χ2v) is 9.94.